The van der Waals surface area contributed by atoms with Crippen LogP contribution < -0.4 is 5.32 Å². The van der Waals surface area contributed by atoms with Crippen LogP contribution in [-0.4, -0.2) is 42.5 Å². The van der Waals surface area contributed by atoms with Crippen LogP contribution in [-0.2, 0) is 11.2 Å². The van der Waals surface area contributed by atoms with Gasteiger partial charge in [0.05, 0.1) is 0 Å². The second-order valence-electron chi connectivity index (χ2n) is 5.83. The van der Waals surface area contributed by atoms with Gasteiger partial charge in [0, 0.05) is 36.1 Å². The summed E-state index contributed by atoms with van der Waals surface area (Å²) in [5.41, 5.74) is 2.46. The zero-order valence-corrected chi connectivity index (χ0v) is 13.1. The van der Waals surface area contributed by atoms with E-state index < -0.39 is 0 Å². The summed E-state index contributed by atoms with van der Waals surface area (Å²) in [7, 11) is 4.04. The number of hydrogen-bond acceptors (Lipinski definition) is 2. The van der Waals surface area contributed by atoms with Crippen LogP contribution in [0.4, 0.5) is 0 Å². The van der Waals surface area contributed by atoms with Gasteiger partial charge in [0.25, 0.3) is 0 Å². The van der Waals surface area contributed by atoms with Crippen molar-refractivity contribution in [3.05, 3.63) is 36.0 Å². The lowest BCUT2D eigenvalue weighted by atomic mass is 10.1. The molecule has 0 saturated heterocycles. The first-order chi connectivity index (χ1) is 10.1. The summed E-state index contributed by atoms with van der Waals surface area (Å²) in [6.07, 6.45) is 4.45. The fraction of sp³-hybridized carbons (Fsp3) is 0.471. The monoisotopic (exact) mass is 287 g/mol. The molecule has 21 heavy (non-hydrogen) atoms. The molecular formula is C17H25N3O. The van der Waals surface area contributed by atoms with E-state index >= 15 is 0 Å². The molecule has 2 rings (SSSR count). The standard InChI is InChI=1S/C17H25N3O/c1-13(20(2)3)11-19-17(21)10-6-7-14-12-18-16-9-5-4-8-15(14)16/h4-5,8-9,12-13,18H,6-7,10-11H2,1-3H3,(H,19,21). The van der Waals surface area contributed by atoms with Crippen LogP contribution in [0, 0.1) is 0 Å². The Bertz CT molecular complexity index is 588. The maximum absolute atomic E-state index is 11.8. The molecule has 0 fully saturated rings. The minimum atomic E-state index is 0.142. The third kappa shape index (κ3) is 4.33. The summed E-state index contributed by atoms with van der Waals surface area (Å²) in [5.74, 6) is 0.142. The third-order valence-corrected chi connectivity index (χ3v) is 4.00. The Morgan fingerprint density at radius 1 is 1.33 bits per heavy atom. The van der Waals surface area contributed by atoms with Crippen LogP contribution in [0.5, 0.6) is 0 Å². The largest absolute Gasteiger partial charge is 0.361 e. The molecule has 0 saturated carbocycles. The molecule has 0 radical (unpaired) electrons. The molecule has 1 aromatic heterocycles. The number of nitrogens with zero attached hydrogens (tertiary/aromatic N) is 1. The third-order valence-electron chi connectivity index (χ3n) is 4.00. The summed E-state index contributed by atoms with van der Waals surface area (Å²) >= 11 is 0. The van der Waals surface area contributed by atoms with Crippen LogP contribution in [0.2, 0.25) is 0 Å². The van der Waals surface area contributed by atoms with Crippen molar-refractivity contribution in [1.29, 1.82) is 0 Å². The van der Waals surface area contributed by atoms with Gasteiger partial charge in [-0.05, 0) is 45.5 Å². The fourth-order valence-electron chi connectivity index (χ4n) is 2.31. The molecular weight excluding hydrogens is 262 g/mol. The second kappa shape index (κ2) is 7.27. The van der Waals surface area contributed by atoms with E-state index in [1.54, 1.807) is 0 Å². The highest BCUT2D eigenvalue weighted by molar-refractivity contribution is 5.83. The van der Waals surface area contributed by atoms with E-state index in [2.05, 4.69) is 46.5 Å². The Balaban J connectivity index is 1.75. The number of carbonyl (C=O) groups is 1. The number of likely N-dealkylation sites (N-methyl/N-ethyl adjacent to an activating group) is 1. The zero-order chi connectivity index (χ0) is 15.2. The summed E-state index contributed by atoms with van der Waals surface area (Å²) in [4.78, 5) is 17.2. The molecule has 114 valence electrons. The smallest absolute Gasteiger partial charge is 0.220 e. The van der Waals surface area contributed by atoms with Crippen molar-refractivity contribution in [1.82, 2.24) is 15.2 Å². The van der Waals surface area contributed by atoms with Crippen molar-refractivity contribution in [2.45, 2.75) is 32.2 Å². The Morgan fingerprint density at radius 2 is 2.10 bits per heavy atom. The molecule has 1 aromatic carbocycles. The van der Waals surface area contributed by atoms with Crippen LogP contribution >= 0.6 is 0 Å². The zero-order valence-electron chi connectivity index (χ0n) is 13.1. The van der Waals surface area contributed by atoms with Crippen LogP contribution in [0.15, 0.2) is 30.5 Å². The Morgan fingerprint density at radius 3 is 2.86 bits per heavy atom. The van der Waals surface area contributed by atoms with E-state index in [1.165, 1.54) is 10.9 Å². The van der Waals surface area contributed by atoms with E-state index in [0.717, 1.165) is 18.4 Å². The molecule has 2 aromatic rings. The van der Waals surface area contributed by atoms with Crippen molar-refractivity contribution in [3.8, 4) is 0 Å². The molecule has 2 N–H and O–H groups in total. The number of fused-ring (bicyclic) bond motifs is 1. The maximum Gasteiger partial charge on any atom is 0.220 e. The SMILES string of the molecule is CC(CNC(=O)CCCc1c[nH]c2ccccc12)N(C)C. The number of rotatable bonds is 7. The molecule has 4 nitrogen and oxygen atoms in total. The van der Waals surface area contributed by atoms with E-state index in [9.17, 15) is 4.79 Å². The number of para-hydroxylation sites is 1. The average molecular weight is 287 g/mol. The number of H-pyrrole nitrogens is 1. The van der Waals surface area contributed by atoms with E-state index in [4.69, 9.17) is 0 Å². The number of nitrogens with one attached hydrogen (secondary N) is 2. The highest BCUT2D eigenvalue weighted by Gasteiger charge is 2.08. The molecule has 0 bridgehead atoms. The molecule has 4 heteroatoms. The second-order valence-corrected chi connectivity index (χ2v) is 5.83. The van der Waals surface area contributed by atoms with Gasteiger partial charge in [0.2, 0.25) is 5.91 Å². The highest BCUT2D eigenvalue weighted by atomic mass is 16.1. The fourth-order valence-corrected chi connectivity index (χ4v) is 2.31. The molecule has 0 aliphatic rings. The lowest BCUT2D eigenvalue weighted by Gasteiger charge is -2.19. The first kappa shape index (κ1) is 15.6. The molecule has 0 aliphatic heterocycles. The Kier molecular flexibility index (Phi) is 5.39. The lowest BCUT2D eigenvalue weighted by molar-refractivity contribution is -0.121. The van der Waals surface area contributed by atoms with Gasteiger partial charge in [-0.2, -0.15) is 0 Å². The highest BCUT2D eigenvalue weighted by Crippen LogP contribution is 2.19. The van der Waals surface area contributed by atoms with Crippen LogP contribution in [0.3, 0.4) is 0 Å². The van der Waals surface area contributed by atoms with E-state index in [1.807, 2.05) is 20.2 Å². The number of aromatic nitrogens is 1. The minimum Gasteiger partial charge on any atom is -0.361 e. The Labute approximate surface area is 126 Å². The summed E-state index contributed by atoms with van der Waals surface area (Å²) in [6, 6.07) is 8.65. The van der Waals surface area contributed by atoms with Gasteiger partial charge >= 0.3 is 0 Å². The molecule has 0 aliphatic carbocycles. The predicted octanol–water partition coefficient (Wildman–Crippen LogP) is 2.56. The quantitative estimate of drug-likeness (QED) is 0.822. The maximum atomic E-state index is 11.8. The predicted molar refractivity (Wildman–Crippen MR) is 87.4 cm³/mol. The number of benzene rings is 1. The first-order valence-electron chi connectivity index (χ1n) is 7.56. The van der Waals surface area contributed by atoms with Crippen molar-refractivity contribution in [3.63, 3.8) is 0 Å². The Hall–Kier alpha value is -1.81. The number of carbonyl (C=O) groups excluding carboxylic acids is 1. The molecule has 1 unspecified atom stereocenters. The van der Waals surface area contributed by atoms with Crippen LogP contribution in [0.1, 0.15) is 25.3 Å². The van der Waals surface area contributed by atoms with Gasteiger partial charge in [-0.15, -0.1) is 0 Å². The first-order valence-corrected chi connectivity index (χ1v) is 7.56. The molecule has 0 spiro atoms. The van der Waals surface area contributed by atoms with Gasteiger partial charge in [0.1, 0.15) is 0 Å². The summed E-state index contributed by atoms with van der Waals surface area (Å²) in [6.45, 7) is 2.81. The van der Waals surface area contributed by atoms with Gasteiger partial charge in [-0.3, -0.25) is 4.79 Å². The average Bonchev–Trinajstić information content (AvgIpc) is 2.88. The van der Waals surface area contributed by atoms with Gasteiger partial charge < -0.3 is 15.2 Å². The summed E-state index contributed by atoms with van der Waals surface area (Å²) < 4.78 is 0. The molecule has 1 heterocycles. The normalized spacial score (nSPS) is 12.8. The molecule has 1 amide bonds. The summed E-state index contributed by atoms with van der Waals surface area (Å²) in [5, 5.41) is 4.26. The molecule has 1 atom stereocenters. The van der Waals surface area contributed by atoms with Crippen molar-refractivity contribution in [2.24, 2.45) is 0 Å². The van der Waals surface area contributed by atoms with Gasteiger partial charge in [-0.25, -0.2) is 0 Å². The topological polar surface area (TPSA) is 48.1 Å². The van der Waals surface area contributed by atoms with Gasteiger partial charge in [0.15, 0.2) is 0 Å². The minimum absolute atomic E-state index is 0.142. The van der Waals surface area contributed by atoms with Crippen molar-refractivity contribution < 1.29 is 4.79 Å². The number of amides is 1. The number of hydrogen-bond donors (Lipinski definition) is 2. The van der Waals surface area contributed by atoms with Crippen molar-refractivity contribution >= 4 is 16.8 Å². The van der Waals surface area contributed by atoms with E-state index in [0.29, 0.717) is 19.0 Å². The number of aromatic amines is 1. The van der Waals surface area contributed by atoms with E-state index in [-0.39, 0.29) is 5.91 Å². The number of aryl methyl sites for hydroxylation is 1. The van der Waals surface area contributed by atoms with Crippen molar-refractivity contribution in [2.75, 3.05) is 20.6 Å². The lowest BCUT2D eigenvalue weighted by Crippen LogP contribution is -2.38. The van der Waals surface area contributed by atoms with Gasteiger partial charge in [-0.1, -0.05) is 18.2 Å². The van der Waals surface area contributed by atoms with Crippen LogP contribution in [0.25, 0.3) is 10.9 Å².